The van der Waals surface area contributed by atoms with Gasteiger partial charge in [-0.2, -0.15) is 5.10 Å². The molecule has 0 aliphatic heterocycles. The fourth-order valence-electron chi connectivity index (χ4n) is 1.99. The van der Waals surface area contributed by atoms with Gasteiger partial charge >= 0.3 is 0 Å². The first-order valence-corrected chi connectivity index (χ1v) is 6.52. The maximum absolute atomic E-state index is 5.40. The number of oxazole rings is 1. The molecule has 2 heterocycles. The molecule has 0 amide bonds. The third-order valence-electron chi connectivity index (χ3n) is 2.98. The van der Waals surface area contributed by atoms with Crippen LogP contribution >= 0.6 is 0 Å². The molecular formula is C15H16N4O. The molecule has 102 valence electrons. The van der Waals surface area contributed by atoms with Gasteiger partial charge in [0.05, 0.1) is 18.4 Å². The van der Waals surface area contributed by atoms with Gasteiger partial charge in [0.15, 0.2) is 0 Å². The van der Waals surface area contributed by atoms with Crippen molar-refractivity contribution in [2.24, 2.45) is 0 Å². The normalized spacial score (nSPS) is 10.8. The molecular weight excluding hydrogens is 252 g/mol. The SMILES string of the molecule is Cc1cnc(CNCc2ccc(-n3cccn3)cc2)o1. The molecule has 0 saturated carbocycles. The average molecular weight is 268 g/mol. The molecule has 3 rings (SSSR count). The van der Waals surface area contributed by atoms with Crippen LogP contribution in [0.2, 0.25) is 0 Å². The molecule has 2 aromatic heterocycles. The predicted molar refractivity (Wildman–Crippen MR) is 75.3 cm³/mol. The van der Waals surface area contributed by atoms with Crippen LogP contribution in [-0.2, 0) is 13.1 Å². The first-order valence-electron chi connectivity index (χ1n) is 6.52. The summed E-state index contributed by atoms with van der Waals surface area (Å²) < 4.78 is 7.24. The van der Waals surface area contributed by atoms with Gasteiger partial charge in [-0.05, 0) is 30.7 Å². The molecule has 1 N–H and O–H groups in total. The number of nitrogens with one attached hydrogen (secondary N) is 1. The summed E-state index contributed by atoms with van der Waals surface area (Å²) in [7, 11) is 0. The predicted octanol–water partition coefficient (Wildman–Crippen LogP) is 2.46. The molecule has 20 heavy (non-hydrogen) atoms. The summed E-state index contributed by atoms with van der Waals surface area (Å²) in [5.41, 5.74) is 2.27. The van der Waals surface area contributed by atoms with Crippen LogP contribution in [0.15, 0.2) is 53.3 Å². The van der Waals surface area contributed by atoms with Crippen molar-refractivity contribution in [3.8, 4) is 5.69 Å². The van der Waals surface area contributed by atoms with Gasteiger partial charge in [0.1, 0.15) is 5.76 Å². The summed E-state index contributed by atoms with van der Waals surface area (Å²) in [6.45, 7) is 3.31. The zero-order chi connectivity index (χ0) is 13.8. The fraction of sp³-hybridized carbons (Fsp3) is 0.200. The third kappa shape index (κ3) is 2.95. The van der Waals surface area contributed by atoms with E-state index >= 15 is 0 Å². The van der Waals surface area contributed by atoms with Crippen molar-refractivity contribution < 1.29 is 4.42 Å². The Morgan fingerprint density at radius 3 is 2.70 bits per heavy atom. The number of benzene rings is 1. The van der Waals surface area contributed by atoms with Crippen molar-refractivity contribution in [3.05, 3.63) is 66.1 Å². The minimum absolute atomic E-state index is 0.634. The lowest BCUT2D eigenvalue weighted by molar-refractivity contribution is 0.449. The Balaban J connectivity index is 1.56. The van der Waals surface area contributed by atoms with Crippen molar-refractivity contribution in [1.82, 2.24) is 20.1 Å². The van der Waals surface area contributed by atoms with Crippen LogP contribution in [0.4, 0.5) is 0 Å². The molecule has 0 spiro atoms. The van der Waals surface area contributed by atoms with Crippen LogP contribution in [0.3, 0.4) is 0 Å². The van der Waals surface area contributed by atoms with E-state index in [4.69, 9.17) is 4.42 Å². The highest BCUT2D eigenvalue weighted by atomic mass is 16.4. The van der Waals surface area contributed by atoms with E-state index < -0.39 is 0 Å². The number of aromatic nitrogens is 3. The second-order valence-electron chi connectivity index (χ2n) is 4.59. The summed E-state index contributed by atoms with van der Waals surface area (Å²) in [5.74, 6) is 1.56. The second kappa shape index (κ2) is 5.71. The van der Waals surface area contributed by atoms with Crippen molar-refractivity contribution in [2.45, 2.75) is 20.0 Å². The fourth-order valence-corrected chi connectivity index (χ4v) is 1.99. The van der Waals surface area contributed by atoms with Gasteiger partial charge in [-0.3, -0.25) is 0 Å². The summed E-state index contributed by atoms with van der Waals surface area (Å²) in [4.78, 5) is 4.15. The molecule has 0 aliphatic rings. The quantitative estimate of drug-likeness (QED) is 0.772. The standard InChI is InChI=1S/C15H16N4O/c1-12-9-17-15(20-12)11-16-10-13-3-5-14(6-4-13)19-8-2-7-18-19/h2-9,16H,10-11H2,1H3. The van der Waals surface area contributed by atoms with Crippen molar-refractivity contribution in [3.63, 3.8) is 0 Å². The smallest absolute Gasteiger partial charge is 0.208 e. The number of aryl methyl sites for hydroxylation is 1. The Bertz CT molecular complexity index is 656. The van der Waals surface area contributed by atoms with E-state index in [1.165, 1.54) is 5.56 Å². The van der Waals surface area contributed by atoms with Gasteiger partial charge in [0.25, 0.3) is 0 Å². The lowest BCUT2D eigenvalue weighted by Gasteiger charge is -2.05. The van der Waals surface area contributed by atoms with Gasteiger partial charge in [-0.15, -0.1) is 0 Å². The third-order valence-corrected chi connectivity index (χ3v) is 2.98. The molecule has 0 bridgehead atoms. The Morgan fingerprint density at radius 1 is 1.20 bits per heavy atom. The van der Waals surface area contributed by atoms with Gasteiger partial charge in [-0.25, -0.2) is 9.67 Å². The highest BCUT2D eigenvalue weighted by Gasteiger charge is 2.00. The molecule has 0 unspecified atom stereocenters. The van der Waals surface area contributed by atoms with Gasteiger partial charge in [0.2, 0.25) is 5.89 Å². The van der Waals surface area contributed by atoms with Crippen LogP contribution in [0.25, 0.3) is 5.69 Å². The summed E-state index contributed by atoms with van der Waals surface area (Å²) in [6, 6.07) is 10.2. The van der Waals surface area contributed by atoms with E-state index in [-0.39, 0.29) is 0 Å². The topological polar surface area (TPSA) is 55.9 Å². The number of hydrogen-bond acceptors (Lipinski definition) is 4. The Labute approximate surface area is 117 Å². The first-order chi connectivity index (χ1) is 9.81. The second-order valence-corrected chi connectivity index (χ2v) is 4.59. The summed E-state index contributed by atoms with van der Waals surface area (Å²) >= 11 is 0. The monoisotopic (exact) mass is 268 g/mol. The minimum Gasteiger partial charge on any atom is -0.445 e. The number of nitrogens with zero attached hydrogens (tertiary/aromatic N) is 3. The Kier molecular flexibility index (Phi) is 3.60. The van der Waals surface area contributed by atoms with Crippen molar-refractivity contribution in [1.29, 1.82) is 0 Å². The van der Waals surface area contributed by atoms with Crippen LogP contribution in [0, 0.1) is 6.92 Å². The van der Waals surface area contributed by atoms with Crippen molar-refractivity contribution in [2.75, 3.05) is 0 Å². The lowest BCUT2D eigenvalue weighted by Crippen LogP contribution is -2.12. The van der Waals surface area contributed by atoms with Crippen LogP contribution in [0.5, 0.6) is 0 Å². The van der Waals surface area contributed by atoms with E-state index in [2.05, 4.69) is 39.7 Å². The van der Waals surface area contributed by atoms with E-state index in [0.29, 0.717) is 6.54 Å². The van der Waals surface area contributed by atoms with E-state index in [1.807, 2.05) is 23.9 Å². The maximum Gasteiger partial charge on any atom is 0.208 e. The molecule has 0 saturated heterocycles. The van der Waals surface area contributed by atoms with Crippen molar-refractivity contribution >= 4 is 0 Å². The molecule has 0 fully saturated rings. The highest BCUT2D eigenvalue weighted by molar-refractivity contribution is 5.33. The number of rotatable bonds is 5. The minimum atomic E-state index is 0.634. The highest BCUT2D eigenvalue weighted by Crippen LogP contribution is 2.09. The van der Waals surface area contributed by atoms with Crippen LogP contribution in [0.1, 0.15) is 17.2 Å². The molecule has 0 aliphatic carbocycles. The largest absolute Gasteiger partial charge is 0.445 e. The Morgan fingerprint density at radius 2 is 2.05 bits per heavy atom. The van der Waals surface area contributed by atoms with Gasteiger partial charge in [0, 0.05) is 18.9 Å². The summed E-state index contributed by atoms with van der Waals surface area (Å²) in [6.07, 6.45) is 5.43. The molecule has 0 atom stereocenters. The molecule has 0 radical (unpaired) electrons. The molecule has 5 nitrogen and oxygen atoms in total. The van der Waals surface area contributed by atoms with E-state index in [9.17, 15) is 0 Å². The maximum atomic E-state index is 5.40. The molecule has 3 aromatic rings. The lowest BCUT2D eigenvalue weighted by atomic mass is 10.2. The van der Waals surface area contributed by atoms with Gasteiger partial charge < -0.3 is 9.73 Å². The van der Waals surface area contributed by atoms with Crippen LogP contribution in [-0.4, -0.2) is 14.8 Å². The van der Waals surface area contributed by atoms with E-state index in [1.54, 1.807) is 12.4 Å². The van der Waals surface area contributed by atoms with E-state index in [0.717, 1.165) is 23.9 Å². The molecule has 1 aromatic carbocycles. The van der Waals surface area contributed by atoms with Crippen LogP contribution < -0.4 is 5.32 Å². The van der Waals surface area contributed by atoms with Gasteiger partial charge in [-0.1, -0.05) is 12.1 Å². The summed E-state index contributed by atoms with van der Waals surface area (Å²) in [5, 5.41) is 7.51. The molecule has 5 heteroatoms. The average Bonchev–Trinajstić information content (AvgIpc) is 3.11. The first kappa shape index (κ1) is 12.6. The number of hydrogen-bond donors (Lipinski definition) is 1. The zero-order valence-corrected chi connectivity index (χ0v) is 11.3. The zero-order valence-electron chi connectivity index (χ0n) is 11.3. The Hall–Kier alpha value is -2.40.